The molecule has 0 aromatic carbocycles. The first-order chi connectivity index (χ1) is 7.18. The van der Waals surface area contributed by atoms with Crippen LogP contribution in [-0.4, -0.2) is 55.6 Å². The summed E-state index contributed by atoms with van der Waals surface area (Å²) < 4.78 is 5.17. The van der Waals surface area contributed by atoms with Crippen LogP contribution in [0.3, 0.4) is 0 Å². The number of carbonyl (C=O) groups excluding carboxylic acids is 2. The van der Waals surface area contributed by atoms with E-state index in [-0.39, 0.29) is 11.8 Å². The van der Waals surface area contributed by atoms with Crippen LogP contribution < -0.4 is 11.1 Å². The summed E-state index contributed by atoms with van der Waals surface area (Å²) in [7, 11) is 0. The molecule has 1 unspecified atom stereocenters. The van der Waals surface area contributed by atoms with Gasteiger partial charge < -0.3 is 20.7 Å². The Hall–Kier alpha value is -1.14. The van der Waals surface area contributed by atoms with Gasteiger partial charge in [0.15, 0.2) is 6.10 Å². The lowest BCUT2D eigenvalue weighted by molar-refractivity contribution is -0.149. The van der Waals surface area contributed by atoms with Crippen LogP contribution in [0, 0.1) is 5.92 Å². The molecule has 0 radical (unpaired) electrons. The lowest BCUT2D eigenvalue weighted by Gasteiger charge is -2.36. The molecular weight excluding hydrogens is 198 g/mol. The zero-order valence-electron chi connectivity index (χ0n) is 8.44. The molecule has 0 saturated carbocycles. The minimum absolute atomic E-state index is 0.0663. The van der Waals surface area contributed by atoms with Gasteiger partial charge in [-0.15, -0.1) is 0 Å². The molecule has 0 aliphatic carbocycles. The second kappa shape index (κ2) is 4.16. The van der Waals surface area contributed by atoms with Crippen molar-refractivity contribution in [2.45, 2.75) is 6.10 Å². The summed E-state index contributed by atoms with van der Waals surface area (Å²) in [5.41, 5.74) is 5.14. The number of hydrogen-bond acceptors (Lipinski definition) is 4. The molecule has 0 aromatic rings. The number of morpholine rings is 1. The summed E-state index contributed by atoms with van der Waals surface area (Å²) in [5.74, 6) is -0.334. The predicted octanol–water partition coefficient (Wildman–Crippen LogP) is -2.08. The molecule has 2 aliphatic heterocycles. The summed E-state index contributed by atoms with van der Waals surface area (Å²) in [6, 6.07) is 0. The van der Waals surface area contributed by atoms with Crippen LogP contribution in [0.15, 0.2) is 0 Å². The molecule has 2 aliphatic rings. The summed E-state index contributed by atoms with van der Waals surface area (Å²) in [5, 5.41) is 3.04. The third-order valence-electron chi connectivity index (χ3n) is 2.83. The van der Waals surface area contributed by atoms with Crippen molar-refractivity contribution >= 4 is 11.8 Å². The molecule has 84 valence electrons. The molecule has 2 saturated heterocycles. The van der Waals surface area contributed by atoms with Gasteiger partial charge in [-0.1, -0.05) is 0 Å². The van der Waals surface area contributed by atoms with E-state index in [1.807, 2.05) is 0 Å². The van der Waals surface area contributed by atoms with Crippen molar-refractivity contribution < 1.29 is 14.3 Å². The number of carbonyl (C=O) groups is 2. The minimum Gasteiger partial charge on any atom is -0.367 e. The number of primary amides is 1. The van der Waals surface area contributed by atoms with E-state index >= 15 is 0 Å². The predicted molar refractivity (Wildman–Crippen MR) is 51.9 cm³/mol. The van der Waals surface area contributed by atoms with Crippen LogP contribution in [0.2, 0.25) is 0 Å². The normalized spacial score (nSPS) is 27.2. The Kier molecular flexibility index (Phi) is 2.88. The van der Waals surface area contributed by atoms with Gasteiger partial charge in [0.2, 0.25) is 11.8 Å². The molecule has 0 bridgehead atoms. The second-order valence-corrected chi connectivity index (χ2v) is 3.90. The molecule has 2 heterocycles. The quantitative estimate of drug-likeness (QED) is 0.551. The smallest absolute Gasteiger partial charge is 0.248 e. The van der Waals surface area contributed by atoms with Crippen molar-refractivity contribution in [1.82, 2.24) is 10.2 Å². The Morgan fingerprint density at radius 2 is 2.13 bits per heavy atom. The van der Waals surface area contributed by atoms with E-state index in [2.05, 4.69) is 5.32 Å². The summed E-state index contributed by atoms with van der Waals surface area (Å²) in [6.45, 7) is 2.71. The first-order valence-corrected chi connectivity index (χ1v) is 5.09. The van der Waals surface area contributed by atoms with E-state index in [9.17, 15) is 9.59 Å². The molecule has 2 amide bonds. The molecule has 1 atom stereocenters. The van der Waals surface area contributed by atoms with Gasteiger partial charge in [0.05, 0.1) is 19.1 Å². The maximum atomic E-state index is 11.8. The van der Waals surface area contributed by atoms with Crippen LogP contribution in [0.25, 0.3) is 0 Å². The minimum atomic E-state index is -0.643. The second-order valence-electron chi connectivity index (χ2n) is 3.90. The number of ether oxygens (including phenoxy) is 1. The molecule has 0 spiro atoms. The van der Waals surface area contributed by atoms with Crippen LogP contribution >= 0.6 is 0 Å². The average molecular weight is 213 g/mol. The number of nitrogens with zero attached hydrogens (tertiary/aromatic N) is 1. The lowest BCUT2D eigenvalue weighted by atomic mass is 10.0. The maximum absolute atomic E-state index is 11.8. The van der Waals surface area contributed by atoms with E-state index in [0.717, 1.165) is 13.1 Å². The maximum Gasteiger partial charge on any atom is 0.248 e. The largest absolute Gasteiger partial charge is 0.367 e. The molecule has 0 aromatic heterocycles. The van der Waals surface area contributed by atoms with E-state index in [1.165, 1.54) is 0 Å². The Balaban J connectivity index is 1.91. The van der Waals surface area contributed by atoms with Crippen molar-refractivity contribution in [2.75, 3.05) is 32.8 Å². The number of nitrogens with one attached hydrogen (secondary N) is 1. The molecule has 15 heavy (non-hydrogen) atoms. The first kappa shape index (κ1) is 10.4. The van der Waals surface area contributed by atoms with Crippen LogP contribution in [0.4, 0.5) is 0 Å². The van der Waals surface area contributed by atoms with Gasteiger partial charge in [0.1, 0.15) is 0 Å². The number of amides is 2. The van der Waals surface area contributed by atoms with Gasteiger partial charge in [0.25, 0.3) is 0 Å². The Bertz CT molecular complexity index is 278. The molecule has 6 nitrogen and oxygen atoms in total. The van der Waals surface area contributed by atoms with Crippen LogP contribution in [0.5, 0.6) is 0 Å². The standard InChI is InChI=1S/C9H15N3O3/c10-8(13)7-5-12(1-2-15-7)9(14)6-3-11-4-6/h6-7,11H,1-5H2,(H2,10,13). The molecule has 3 N–H and O–H groups in total. The number of nitrogens with two attached hydrogens (primary N) is 1. The third kappa shape index (κ3) is 2.10. The summed E-state index contributed by atoms with van der Waals surface area (Å²) >= 11 is 0. The fourth-order valence-electron chi connectivity index (χ4n) is 1.74. The SMILES string of the molecule is NC(=O)C1CN(C(=O)C2CNC2)CCO1. The highest BCUT2D eigenvalue weighted by atomic mass is 16.5. The first-order valence-electron chi connectivity index (χ1n) is 5.09. The van der Waals surface area contributed by atoms with Crippen molar-refractivity contribution in [2.24, 2.45) is 11.7 Å². The van der Waals surface area contributed by atoms with Gasteiger partial charge >= 0.3 is 0 Å². The molecule has 2 fully saturated rings. The Morgan fingerprint density at radius 3 is 2.67 bits per heavy atom. The van der Waals surface area contributed by atoms with Gasteiger partial charge in [-0.25, -0.2) is 0 Å². The number of hydrogen-bond donors (Lipinski definition) is 2. The van der Waals surface area contributed by atoms with E-state index in [4.69, 9.17) is 10.5 Å². The Labute approximate surface area is 87.7 Å². The third-order valence-corrected chi connectivity index (χ3v) is 2.83. The summed E-state index contributed by atoms with van der Waals surface area (Å²) in [6.07, 6.45) is -0.643. The monoisotopic (exact) mass is 213 g/mol. The van der Waals surface area contributed by atoms with Gasteiger partial charge in [-0.2, -0.15) is 0 Å². The highest BCUT2D eigenvalue weighted by Gasteiger charge is 2.33. The Morgan fingerprint density at radius 1 is 1.40 bits per heavy atom. The van der Waals surface area contributed by atoms with Crippen LogP contribution in [-0.2, 0) is 14.3 Å². The topological polar surface area (TPSA) is 84.7 Å². The van der Waals surface area contributed by atoms with Crippen LogP contribution in [0.1, 0.15) is 0 Å². The lowest BCUT2D eigenvalue weighted by Crippen LogP contribution is -2.57. The fraction of sp³-hybridized carbons (Fsp3) is 0.778. The van der Waals surface area contributed by atoms with Crippen molar-refractivity contribution in [3.63, 3.8) is 0 Å². The van der Waals surface area contributed by atoms with E-state index in [1.54, 1.807) is 4.90 Å². The highest BCUT2D eigenvalue weighted by molar-refractivity contribution is 5.83. The number of rotatable bonds is 2. The van der Waals surface area contributed by atoms with Crippen molar-refractivity contribution in [3.05, 3.63) is 0 Å². The van der Waals surface area contributed by atoms with Crippen molar-refractivity contribution in [1.29, 1.82) is 0 Å². The fourth-order valence-corrected chi connectivity index (χ4v) is 1.74. The highest BCUT2D eigenvalue weighted by Crippen LogP contribution is 2.12. The van der Waals surface area contributed by atoms with Gasteiger partial charge in [0, 0.05) is 19.6 Å². The van der Waals surface area contributed by atoms with E-state index < -0.39 is 12.0 Å². The summed E-state index contributed by atoms with van der Waals surface area (Å²) in [4.78, 5) is 24.4. The van der Waals surface area contributed by atoms with E-state index in [0.29, 0.717) is 19.7 Å². The van der Waals surface area contributed by atoms with Gasteiger partial charge in [-0.3, -0.25) is 9.59 Å². The zero-order valence-corrected chi connectivity index (χ0v) is 8.44. The molecular formula is C9H15N3O3. The van der Waals surface area contributed by atoms with Crippen molar-refractivity contribution in [3.8, 4) is 0 Å². The molecule has 2 rings (SSSR count). The zero-order chi connectivity index (χ0) is 10.8. The molecule has 6 heteroatoms. The average Bonchev–Trinajstić information content (AvgIpc) is 2.15. The van der Waals surface area contributed by atoms with Gasteiger partial charge in [-0.05, 0) is 0 Å².